The average Bonchev–Trinajstić information content (AvgIpc) is 2.15. The van der Waals surface area contributed by atoms with E-state index in [0.29, 0.717) is 0 Å². The van der Waals surface area contributed by atoms with Crippen LogP contribution >= 0.6 is 11.8 Å². The van der Waals surface area contributed by atoms with Gasteiger partial charge in [0.1, 0.15) is 4.90 Å². The van der Waals surface area contributed by atoms with Gasteiger partial charge < -0.3 is 11.1 Å². The van der Waals surface area contributed by atoms with Crippen molar-refractivity contribution in [3.05, 3.63) is 18.2 Å². The highest BCUT2D eigenvalue weighted by Crippen LogP contribution is 2.22. The third kappa shape index (κ3) is 4.10. The zero-order chi connectivity index (χ0) is 13.1. The molecule has 0 radical (unpaired) electrons. The van der Waals surface area contributed by atoms with E-state index < -0.39 is 10.0 Å². The number of primary sulfonamides is 1. The Kier molecular flexibility index (Phi) is 4.67. The van der Waals surface area contributed by atoms with Crippen LogP contribution in [0, 0.1) is 0 Å². The van der Waals surface area contributed by atoms with Crippen LogP contribution in [-0.4, -0.2) is 26.5 Å². The summed E-state index contributed by atoms with van der Waals surface area (Å²) < 4.78 is 22.3. The normalized spacial score (nSPS) is 13.4. The summed E-state index contributed by atoms with van der Waals surface area (Å²) in [6.07, 6.45) is 2.02. The van der Waals surface area contributed by atoms with Crippen LogP contribution in [0.3, 0.4) is 0 Å². The number of nitrogen functional groups attached to an aromatic ring is 1. The molecule has 0 heterocycles. The highest BCUT2D eigenvalue weighted by molar-refractivity contribution is 7.98. The predicted molar refractivity (Wildman–Crippen MR) is 73.7 cm³/mol. The summed E-state index contributed by atoms with van der Waals surface area (Å²) in [5, 5.41) is 8.25. The molecule has 96 valence electrons. The fourth-order valence-corrected chi connectivity index (χ4v) is 2.70. The number of hydrogen-bond acceptors (Lipinski definition) is 5. The number of hydrogen-bond donors (Lipinski definition) is 3. The van der Waals surface area contributed by atoms with E-state index in [1.165, 1.54) is 6.07 Å². The molecule has 1 atom stereocenters. The van der Waals surface area contributed by atoms with Crippen molar-refractivity contribution >= 4 is 33.2 Å². The van der Waals surface area contributed by atoms with Crippen LogP contribution < -0.4 is 16.2 Å². The molecule has 17 heavy (non-hydrogen) atoms. The Morgan fingerprint density at radius 3 is 2.59 bits per heavy atom. The fourth-order valence-electron chi connectivity index (χ4n) is 1.47. The Balaban J connectivity index is 2.90. The lowest BCUT2D eigenvalue weighted by Crippen LogP contribution is -2.18. The minimum Gasteiger partial charge on any atom is -0.398 e. The molecule has 0 amide bonds. The first kappa shape index (κ1) is 14.1. The largest absolute Gasteiger partial charge is 0.398 e. The topological polar surface area (TPSA) is 98.2 Å². The van der Waals surface area contributed by atoms with Gasteiger partial charge in [0.15, 0.2) is 0 Å². The van der Waals surface area contributed by atoms with Gasteiger partial charge in [-0.25, -0.2) is 13.6 Å². The van der Waals surface area contributed by atoms with E-state index in [1.54, 1.807) is 23.9 Å². The van der Waals surface area contributed by atoms with Crippen molar-refractivity contribution in [2.75, 3.05) is 23.1 Å². The Bertz CT molecular complexity index is 488. The van der Waals surface area contributed by atoms with E-state index in [-0.39, 0.29) is 16.6 Å². The quantitative estimate of drug-likeness (QED) is 0.698. The molecule has 0 aliphatic carbocycles. The van der Waals surface area contributed by atoms with E-state index in [4.69, 9.17) is 10.9 Å². The first-order valence-corrected chi connectivity index (χ1v) is 7.96. The third-order valence-electron chi connectivity index (χ3n) is 2.15. The van der Waals surface area contributed by atoms with Gasteiger partial charge in [-0.15, -0.1) is 0 Å². The van der Waals surface area contributed by atoms with Crippen LogP contribution in [0.5, 0.6) is 0 Å². The average molecular weight is 275 g/mol. The van der Waals surface area contributed by atoms with Crippen molar-refractivity contribution in [2.24, 2.45) is 5.14 Å². The van der Waals surface area contributed by atoms with E-state index in [9.17, 15) is 8.42 Å². The number of benzene rings is 1. The molecule has 1 aromatic carbocycles. The number of nitrogens with two attached hydrogens (primary N) is 2. The van der Waals surface area contributed by atoms with Crippen LogP contribution in [0.25, 0.3) is 0 Å². The molecule has 1 unspecified atom stereocenters. The molecule has 0 saturated heterocycles. The van der Waals surface area contributed by atoms with E-state index in [2.05, 4.69) is 5.32 Å². The molecule has 0 bridgehead atoms. The molecule has 0 saturated carbocycles. The third-order valence-corrected chi connectivity index (χ3v) is 3.96. The second-order valence-corrected chi connectivity index (χ2v) is 6.24. The first-order valence-electron chi connectivity index (χ1n) is 5.02. The number of sulfonamides is 1. The Morgan fingerprint density at radius 2 is 2.12 bits per heavy atom. The SMILES string of the molecule is CSCC(C)Nc1ccc(S(N)(=O)=O)c(N)c1. The van der Waals surface area contributed by atoms with Crippen molar-refractivity contribution in [3.63, 3.8) is 0 Å². The van der Waals surface area contributed by atoms with E-state index in [1.807, 2.05) is 13.2 Å². The maximum Gasteiger partial charge on any atom is 0.240 e. The molecule has 7 heteroatoms. The molecule has 1 rings (SSSR count). The molecule has 5 nitrogen and oxygen atoms in total. The lowest BCUT2D eigenvalue weighted by Gasteiger charge is -2.15. The van der Waals surface area contributed by atoms with Crippen LogP contribution in [0.1, 0.15) is 6.92 Å². The van der Waals surface area contributed by atoms with Crippen LogP contribution in [0.15, 0.2) is 23.1 Å². The Morgan fingerprint density at radius 1 is 1.47 bits per heavy atom. The van der Waals surface area contributed by atoms with Gasteiger partial charge >= 0.3 is 0 Å². The van der Waals surface area contributed by atoms with E-state index >= 15 is 0 Å². The second kappa shape index (κ2) is 5.61. The monoisotopic (exact) mass is 275 g/mol. The predicted octanol–water partition coefficient (Wildman–Crippen LogP) is 1.08. The Hall–Kier alpha value is -0.920. The summed E-state index contributed by atoms with van der Waals surface area (Å²) in [6.45, 7) is 2.04. The zero-order valence-electron chi connectivity index (χ0n) is 9.80. The molecule has 0 fully saturated rings. The number of thioether (sulfide) groups is 1. The minimum atomic E-state index is -3.75. The van der Waals surface area contributed by atoms with Gasteiger partial charge in [0.2, 0.25) is 10.0 Å². The smallest absolute Gasteiger partial charge is 0.240 e. The minimum absolute atomic E-state index is 0.0411. The lowest BCUT2D eigenvalue weighted by molar-refractivity contribution is 0.598. The van der Waals surface area contributed by atoms with Crippen LogP contribution in [-0.2, 0) is 10.0 Å². The summed E-state index contributed by atoms with van der Waals surface area (Å²) in [5.41, 5.74) is 6.60. The van der Waals surface area contributed by atoms with Crippen molar-refractivity contribution in [1.29, 1.82) is 0 Å². The van der Waals surface area contributed by atoms with Gasteiger partial charge in [0, 0.05) is 17.5 Å². The zero-order valence-corrected chi connectivity index (χ0v) is 11.4. The molecule has 0 aliphatic rings. The number of nitrogens with one attached hydrogen (secondary N) is 1. The van der Waals surface area contributed by atoms with Crippen molar-refractivity contribution in [3.8, 4) is 0 Å². The van der Waals surface area contributed by atoms with Crippen molar-refractivity contribution in [2.45, 2.75) is 17.9 Å². The number of anilines is 2. The summed E-state index contributed by atoms with van der Waals surface area (Å²) >= 11 is 1.73. The molecular weight excluding hydrogens is 258 g/mol. The van der Waals surface area contributed by atoms with Gasteiger partial charge in [-0.3, -0.25) is 0 Å². The molecule has 5 N–H and O–H groups in total. The molecule has 0 aliphatic heterocycles. The van der Waals surface area contributed by atoms with E-state index in [0.717, 1.165) is 11.4 Å². The van der Waals surface area contributed by atoms with Crippen LogP contribution in [0.2, 0.25) is 0 Å². The standard InChI is InChI=1S/C10H17N3O2S2/c1-7(6-16-2)13-8-3-4-10(9(11)5-8)17(12,14)15/h3-5,7,13H,6,11H2,1-2H3,(H2,12,14,15). The Labute approximate surface area is 106 Å². The van der Waals surface area contributed by atoms with Crippen molar-refractivity contribution < 1.29 is 8.42 Å². The van der Waals surface area contributed by atoms with Gasteiger partial charge in [0.05, 0.1) is 5.69 Å². The van der Waals surface area contributed by atoms with Gasteiger partial charge in [-0.1, -0.05) is 0 Å². The fraction of sp³-hybridized carbons (Fsp3) is 0.400. The summed E-state index contributed by atoms with van der Waals surface area (Å²) in [7, 11) is -3.75. The maximum atomic E-state index is 11.2. The highest BCUT2D eigenvalue weighted by atomic mass is 32.2. The van der Waals surface area contributed by atoms with Crippen LogP contribution in [0.4, 0.5) is 11.4 Å². The summed E-state index contributed by atoms with van der Waals surface area (Å²) in [4.78, 5) is -0.0411. The second-order valence-electron chi connectivity index (χ2n) is 3.80. The van der Waals surface area contributed by atoms with Gasteiger partial charge in [0.25, 0.3) is 0 Å². The molecule has 0 aromatic heterocycles. The molecule has 1 aromatic rings. The molecular formula is C10H17N3O2S2. The number of rotatable bonds is 5. The molecule has 0 spiro atoms. The first-order chi connectivity index (χ1) is 7.84. The summed E-state index contributed by atoms with van der Waals surface area (Å²) in [5.74, 6) is 0.955. The highest BCUT2D eigenvalue weighted by Gasteiger charge is 2.12. The van der Waals surface area contributed by atoms with Gasteiger partial charge in [-0.05, 0) is 31.4 Å². The summed E-state index contributed by atoms with van der Waals surface area (Å²) in [6, 6.07) is 4.94. The van der Waals surface area contributed by atoms with Crippen molar-refractivity contribution in [1.82, 2.24) is 0 Å². The van der Waals surface area contributed by atoms with Gasteiger partial charge in [-0.2, -0.15) is 11.8 Å². The lowest BCUT2D eigenvalue weighted by atomic mass is 10.2. The maximum absolute atomic E-state index is 11.2.